The highest BCUT2D eigenvalue weighted by Crippen LogP contribution is 2.64. The van der Waals surface area contributed by atoms with E-state index in [4.69, 9.17) is 23.1 Å². The SMILES string of the molecule is CC(C)(NS(=O)(=O)c1cc(Cl)cc(Br)c1)C(=O)CC1C2CC3CC1CC(C(N)=O)(C3)C2.CC(C)(NS(=O)(=O)c1ccc(C(F)(F)F)cc1)C(=O)CC1C2CC3CC1CC(C(N)=O)(C3)C2. The molecule has 6 N–H and O–H groups in total. The predicted octanol–water partition coefficient (Wildman–Crippen LogP) is 7.70. The maximum absolute atomic E-state index is 13.3. The van der Waals surface area contributed by atoms with Crippen LogP contribution in [0.1, 0.15) is 110 Å². The van der Waals surface area contributed by atoms with E-state index >= 15 is 0 Å². The van der Waals surface area contributed by atoms with Gasteiger partial charge in [0.2, 0.25) is 31.9 Å². The summed E-state index contributed by atoms with van der Waals surface area (Å²) in [5.74, 6) is 1.41. The van der Waals surface area contributed by atoms with E-state index in [-0.39, 0.29) is 68.3 Å². The molecular formula is C45H57BrClF3N4O8S2. The molecule has 8 aliphatic rings. The number of halogens is 5. The van der Waals surface area contributed by atoms with Gasteiger partial charge < -0.3 is 11.5 Å². The summed E-state index contributed by atoms with van der Waals surface area (Å²) in [6, 6.07) is 7.58. The van der Waals surface area contributed by atoms with Crippen LogP contribution < -0.4 is 20.9 Å². The molecule has 8 bridgehead atoms. The smallest absolute Gasteiger partial charge is 0.369 e. The molecule has 8 fully saturated rings. The van der Waals surface area contributed by atoms with Gasteiger partial charge in [0.05, 0.1) is 26.4 Å². The molecule has 0 radical (unpaired) electrons. The number of amides is 2. The first kappa shape index (κ1) is 49.0. The van der Waals surface area contributed by atoms with Crippen molar-refractivity contribution in [3.8, 4) is 0 Å². The summed E-state index contributed by atoms with van der Waals surface area (Å²) in [7, 11) is -8.14. The van der Waals surface area contributed by atoms with Gasteiger partial charge in [0.25, 0.3) is 0 Å². The Hall–Kier alpha value is -2.90. The number of ketones is 2. The van der Waals surface area contributed by atoms with Crippen LogP contribution in [0.4, 0.5) is 13.2 Å². The topological polar surface area (TPSA) is 213 Å². The molecular weight excluding hydrogens is 961 g/mol. The lowest BCUT2D eigenvalue weighted by molar-refractivity contribution is -0.152. The van der Waals surface area contributed by atoms with E-state index in [9.17, 15) is 49.2 Å². The van der Waals surface area contributed by atoms with Gasteiger partial charge in [-0.15, -0.1) is 0 Å². The highest BCUT2D eigenvalue weighted by Gasteiger charge is 2.60. The van der Waals surface area contributed by atoms with E-state index in [0.29, 0.717) is 59.5 Å². The van der Waals surface area contributed by atoms with Gasteiger partial charge in [-0.1, -0.05) is 27.5 Å². The predicted molar refractivity (Wildman–Crippen MR) is 236 cm³/mol. The van der Waals surface area contributed by atoms with Crippen molar-refractivity contribution < 1.29 is 49.2 Å². The molecule has 0 heterocycles. The molecule has 0 spiro atoms. The zero-order valence-electron chi connectivity index (χ0n) is 36.3. The third kappa shape index (κ3) is 9.74. The number of hydrogen-bond donors (Lipinski definition) is 4. The monoisotopic (exact) mass is 1020 g/mol. The first-order valence-corrected chi connectivity index (χ1v) is 26.0. The average Bonchev–Trinajstić information content (AvgIpc) is 3.15. The molecule has 8 saturated carbocycles. The first-order chi connectivity index (χ1) is 29.4. The third-order valence-electron chi connectivity index (χ3n) is 15.6. The van der Waals surface area contributed by atoms with E-state index in [1.165, 1.54) is 26.0 Å². The number of benzene rings is 2. The average molecular weight is 1020 g/mol. The lowest BCUT2D eigenvalue weighted by Gasteiger charge is -2.59. The molecule has 0 saturated heterocycles. The van der Waals surface area contributed by atoms with Crippen LogP contribution in [0.3, 0.4) is 0 Å². The Kier molecular flexibility index (Phi) is 13.0. The Balaban J connectivity index is 0.000000192. The summed E-state index contributed by atoms with van der Waals surface area (Å²) in [5, 5.41) is 0.288. The molecule has 4 unspecified atom stereocenters. The fourth-order valence-electron chi connectivity index (χ4n) is 12.9. The quantitative estimate of drug-likeness (QED) is 0.147. The second-order valence-electron chi connectivity index (χ2n) is 20.9. The Morgan fingerprint density at radius 2 is 1.03 bits per heavy atom. The molecule has 0 aromatic heterocycles. The normalized spacial score (nSPS) is 31.9. The lowest BCUT2D eigenvalue weighted by Crippen LogP contribution is -2.57. The summed E-state index contributed by atoms with van der Waals surface area (Å²) in [5.41, 5.74) is 6.98. The van der Waals surface area contributed by atoms with Crippen molar-refractivity contribution >= 4 is 71.0 Å². The van der Waals surface area contributed by atoms with Gasteiger partial charge in [-0.05, 0) is 182 Å². The van der Waals surface area contributed by atoms with Gasteiger partial charge >= 0.3 is 6.18 Å². The number of nitrogens with one attached hydrogen (secondary N) is 2. The van der Waals surface area contributed by atoms with Crippen LogP contribution in [0.5, 0.6) is 0 Å². The lowest BCUT2D eigenvalue weighted by atomic mass is 9.45. The van der Waals surface area contributed by atoms with Crippen LogP contribution in [0.2, 0.25) is 5.02 Å². The minimum Gasteiger partial charge on any atom is -0.369 e. The summed E-state index contributed by atoms with van der Waals surface area (Å²) >= 11 is 9.25. The van der Waals surface area contributed by atoms with Gasteiger partial charge in [0.1, 0.15) is 0 Å². The number of sulfonamides is 2. The molecule has 4 atom stereocenters. The number of carbonyl (C=O) groups is 4. The van der Waals surface area contributed by atoms with Crippen molar-refractivity contribution in [3.63, 3.8) is 0 Å². The summed E-state index contributed by atoms with van der Waals surface area (Å²) in [6.07, 6.45) is 4.52. The molecule has 10 rings (SSSR count). The number of Topliss-reactive ketones (excluding diaryl/α,β-unsaturated/α-hetero) is 2. The van der Waals surface area contributed by atoms with Crippen LogP contribution in [-0.4, -0.2) is 51.3 Å². The van der Waals surface area contributed by atoms with Gasteiger partial charge in [-0.2, -0.15) is 22.6 Å². The number of primary amides is 2. The fraction of sp³-hybridized carbons (Fsp3) is 0.644. The van der Waals surface area contributed by atoms with Crippen molar-refractivity contribution in [1.82, 2.24) is 9.44 Å². The Morgan fingerprint density at radius 3 is 1.38 bits per heavy atom. The van der Waals surface area contributed by atoms with Gasteiger partial charge in [0, 0.05) is 33.2 Å². The molecule has 2 aromatic carbocycles. The molecule has 19 heteroatoms. The Morgan fingerprint density at radius 1 is 0.656 bits per heavy atom. The summed E-state index contributed by atoms with van der Waals surface area (Å²) in [4.78, 5) is 50.4. The first-order valence-electron chi connectivity index (χ1n) is 21.8. The van der Waals surface area contributed by atoms with Crippen LogP contribution >= 0.6 is 27.5 Å². The van der Waals surface area contributed by atoms with Crippen molar-refractivity contribution in [2.75, 3.05) is 0 Å². The molecule has 12 nitrogen and oxygen atoms in total. The van der Waals surface area contributed by atoms with Gasteiger partial charge in [-0.25, -0.2) is 16.8 Å². The number of carbonyl (C=O) groups excluding carboxylic acids is 4. The van der Waals surface area contributed by atoms with Gasteiger partial charge in [-0.3, -0.25) is 19.2 Å². The third-order valence-corrected chi connectivity index (χ3v) is 19.6. The molecule has 2 amide bonds. The van der Waals surface area contributed by atoms with E-state index in [1.54, 1.807) is 19.9 Å². The van der Waals surface area contributed by atoms with Crippen LogP contribution in [0.25, 0.3) is 0 Å². The number of rotatable bonds is 14. The molecule has 64 heavy (non-hydrogen) atoms. The zero-order chi connectivity index (χ0) is 47.2. The Bertz CT molecular complexity index is 2400. The highest BCUT2D eigenvalue weighted by molar-refractivity contribution is 9.10. The molecule has 8 aliphatic carbocycles. The van der Waals surface area contributed by atoms with E-state index in [0.717, 1.165) is 63.5 Å². The van der Waals surface area contributed by atoms with Crippen molar-refractivity contribution in [2.45, 2.75) is 132 Å². The largest absolute Gasteiger partial charge is 0.416 e. The summed E-state index contributed by atoms with van der Waals surface area (Å²) in [6.45, 7) is 6.15. The number of nitrogens with two attached hydrogens (primary N) is 2. The van der Waals surface area contributed by atoms with E-state index < -0.39 is 53.7 Å². The fourth-order valence-corrected chi connectivity index (χ4v) is 16.8. The van der Waals surface area contributed by atoms with E-state index in [1.807, 2.05) is 0 Å². The molecule has 352 valence electrons. The van der Waals surface area contributed by atoms with Crippen molar-refractivity contribution in [1.29, 1.82) is 0 Å². The van der Waals surface area contributed by atoms with Gasteiger partial charge in [0.15, 0.2) is 11.6 Å². The minimum atomic E-state index is -4.57. The van der Waals surface area contributed by atoms with Crippen LogP contribution in [0, 0.1) is 58.2 Å². The molecule has 2 aromatic rings. The number of alkyl halides is 3. The zero-order valence-corrected chi connectivity index (χ0v) is 40.2. The second-order valence-corrected chi connectivity index (χ2v) is 25.6. The Labute approximate surface area is 386 Å². The molecule has 0 aliphatic heterocycles. The van der Waals surface area contributed by atoms with Crippen LogP contribution in [-0.2, 0) is 45.4 Å². The summed E-state index contributed by atoms with van der Waals surface area (Å²) < 4.78 is 95.2. The highest BCUT2D eigenvalue weighted by atomic mass is 79.9. The number of hydrogen-bond acceptors (Lipinski definition) is 8. The second kappa shape index (κ2) is 17.0. The van der Waals surface area contributed by atoms with Crippen molar-refractivity contribution in [2.24, 2.45) is 69.6 Å². The van der Waals surface area contributed by atoms with Crippen LogP contribution in [0.15, 0.2) is 56.7 Å². The standard InChI is InChI=1S/C23H29F3N2O4S.C22H28BrClN2O4S/c1-21(2,28-33(31,32)17-5-3-16(4-6-17)23(24,25)26)19(29)9-18-14-7-13-8-15(18)12-22(10-13,11-14)20(27)30;1-21(2,26-31(29,30)17-6-15(23)5-16(24)7-17)19(27)8-18-13-3-12-4-14(18)11-22(9-12,10-13)20(25)28/h3-6,13-15,18,28H,7-12H2,1-2H3,(H2,27,30);5-7,12-14,18,26H,3-4,8-11H2,1-2H3,(H2,25,28). The maximum Gasteiger partial charge on any atom is 0.416 e. The minimum absolute atomic E-state index is 0.00535. The van der Waals surface area contributed by atoms with Crippen molar-refractivity contribution in [3.05, 3.63) is 57.5 Å². The van der Waals surface area contributed by atoms with E-state index in [2.05, 4.69) is 25.4 Å². The maximum atomic E-state index is 13.3.